The average molecular weight is 368 g/mol. The first-order valence-corrected chi connectivity index (χ1v) is 8.15. The first-order valence-electron chi connectivity index (χ1n) is 8.15. The van der Waals surface area contributed by atoms with Crippen LogP contribution in [0.15, 0.2) is 30.3 Å². The second-order valence-corrected chi connectivity index (χ2v) is 6.44. The Bertz CT molecular complexity index is 733. The topological polar surface area (TPSA) is 45.2 Å². The Hall–Kier alpha value is -1.36. The Balaban J connectivity index is 0.00000104. The van der Waals surface area contributed by atoms with Crippen LogP contribution in [0.3, 0.4) is 0 Å². The lowest BCUT2D eigenvalue weighted by atomic mass is 10.0. The summed E-state index contributed by atoms with van der Waals surface area (Å²) >= 11 is 0. The highest BCUT2D eigenvalue weighted by atomic mass is 35.5. The van der Waals surface area contributed by atoms with Gasteiger partial charge in [0.2, 0.25) is 0 Å². The predicted octanol–water partition coefficient (Wildman–Crippen LogP) is 3.39. The van der Waals surface area contributed by atoms with Crippen LogP contribution in [0.4, 0.5) is 0 Å². The molecule has 2 aromatic rings. The zero-order valence-electron chi connectivity index (χ0n) is 13.7. The summed E-state index contributed by atoms with van der Waals surface area (Å²) in [7, 11) is 0. The highest BCUT2D eigenvalue weighted by molar-refractivity contribution is 6.06. The van der Waals surface area contributed by atoms with Crippen LogP contribution < -0.4 is 5.32 Å². The molecule has 1 aliphatic carbocycles. The SMILES string of the molecule is C[C@H]1CNCCN1C(=O)c1cc(C2CC2)nc2ccccc12.Cl.Cl. The van der Waals surface area contributed by atoms with E-state index in [4.69, 9.17) is 4.98 Å². The second-order valence-electron chi connectivity index (χ2n) is 6.44. The summed E-state index contributed by atoms with van der Waals surface area (Å²) in [6.07, 6.45) is 2.39. The molecule has 1 atom stereocenters. The molecule has 1 aromatic carbocycles. The van der Waals surface area contributed by atoms with E-state index in [1.165, 1.54) is 12.8 Å². The molecule has 6 heteroatoms. The minimum atomic E-state index is 0. The van der Waals surface area contributed by atoms with E-state index in [0.717, 1.165) is 41.8 Å². The molecule has 1 amide bonds. The molecule has 24 heavy (non-hydrogen) atoms. The number of aromatic nitrogens is 1. The maximum atomic E-state index is 13.1. The van der Waals surface area contributed by atoms with E-state index in [2.05, 4.69) is 12.2 Å². The highest BCUT2D eigenvalue weighted by Crippen LogP contribution is 2.40. The third-order valence-corrected chi connectivity index (χ3v) is 4.72. The maximum absolute atomic E-state index is 13.1. The van der Waals surface area contributed by atoms with Crippen LogP contribution in [-0.4, -0.2) is 41.5 Å². The van der Waals surface area contributed by atoms with Crippen molar-refractivity contribution < 1.29 is 4.79 Å². The van der Waals surface area contributed by atoms with Gasteiger partial charge < -0.3 is 10.2 Å². The molecule has 0 radical (unpaired) electrons. The Morgan fingerprint density at radius 2 is 2.00 bits per heavy atom. The Labute approximate surface area is 154 Å². The third-order valence-electron chi connectivity index (χ3n) is 4.72. The van der Waals surface area contributed by atoms with Gasteiger partial charge in [0, 0.05) is 42.7 Å². The van der Waals surface area contributed by atoms with Crippen LogP contribution in [-0.2, 0) is 0 Å². The maximum Gasteiger partial charge on any atom is 0.254 e. The molecule has 1 N–H and O–H groups in total. The van der Waals surface area contributed by atoms with E-state index < -0.39 is 0 Å². The number of carbonyl (C=O) groups is 1. The fourth-order valence-corrected chi connectivity index (χ4v) is 3.26. The van der Waals surface area contributed by atoms with Gasteiger partial charge in [0.25, 0.3) is 5.91 Å². The quantitative estimate of drug-likeness (QED) is 0.884. The molecule has 130 valence electrons. The number of amides is 1. The molecular weight excluding hydrogens is 345 g/mol. The van der Waals surface area contributed by atoms with Crippen molar-refractivity contribution in [2.24, 2.45) is 0 Å². The highest BCUT2D eigenvalue weighted by Gasteiger charge is 2.29. The number of pyridine rings is 1. The number of nitrogens with zero attached hydrogens (tertiary/aromatic N) is 2. The van der Waals surface area contributed by atoms with Crippen molar-refractivity contribution in [1.29, 1.82) is 0 Å². The molecule has 2 heterocycles. The van der Waals surface area contributed by atoms with Crippen molar-refractivity contribution in [3.63, 3.8) is 0 Å². The smallest absolute Gasteiger partial charge is 0.254 e. The fraction of sp³-hybridized carbons (Fsp3) is 0.444. The number of para-hydroxylation sites is 1. The first kappa shape index (κ1) is 19.0. The van der Waals surface area contributed by atoms with Gasteiger partial charge in [0.05, 0.1) is 11.1 Å². The number of hydrogen-bond donors (Lipinski definition) is 1. The molecule has 0 bridgehead atoms. The lowest BCUT2D eigenvalue weighted by Gasteiger charge is -2.34. The second kappa shape index (κ2) is 7.68. The van der Waals surface area contributed by atoms with Gasteiger partial charge in [0.1, 0.15) is 0 Å². The summed E-state index contributed by atoms with van der Waals surface area (Å²) in [6.45, 7) is 4.61. The van der Waals surface area contributed by atoms with Crippen LogP contribution in [0.2, 0.25) is 0 Å². The third kappa shape index (κ3) is 3.51. The van der Waals surface area contributed by atoms with E-state index in [1.54, 1.807) is 0 Å². The van der Waals surface area contributed by atoms with Gasteiger partial charge >= 0.3 is 0 Å². The average Bonchev–Trinajstić information content (AvgIpc) is 3.38. The summed E-state index contributed by atoms with van der Waals surface area (Å²) in [5.41, 5.74) is 2.85. The van der Waals surface area contributed by atoms with Crippen molar-refractivity contribution in [2.45, 2.75) is 31.7 Å². The molecule has 1 saturated carbocycles. The zero-order chi connectivity index (χ0) is 15.1. The zero-order valence-corrected chi connectivity index (χ0v) is 15.3. The predicted molar refractivity (Wildman–Crippen MR) is 102 cm³/mol. The van der Waals surface area contributed by atoms with E-state index in [0.29, 0.717) is 5.92 Å². The molecule has 4 rings (SSSR count). The van der Waals surface area contributed by atoms with Crippen LogP contribution in [0.1, 0.15) is 41.7 Å². The van der Waals surface area contributed by atoms with Gasteiger partial charge in [-0.15, -0.1) is 24.8 Å². The van der Waals surface area contributed by atoms with Crippen molar-refractivity contribution in [2.75, 3.05) is 19.6 Å². The largest absolute Gasteiger partial charge is 0.333 e. The Morgan fingerprint density at radius 1 is 1.25 bits per heavy atom. The van der Waals surface area contributed by atoms with Crippen LogP contribution in [0.5, 0.6) is 0 Å². The number of piperazine rings is 1. The van der Waals surface area contributed by atoms with Crippen molar-refractivity contribution in [1.82, 2.24) is 15.2 Å². The number of benzene rings is 1. The Kier molecular flexibility index (Phi) is 6.07. The van der Waals surface area contributed by atoms with Gasteiger partial charge in [0.15, 0.2) is 0 Å². The summed E-state index contributed by atoms with van der Waals surface area (Å²) in [5.74, 6) is 0.700. The molecule has 1 aromatic heterocycles. The Morgan fingerprint density at radius 3 is 2.71 bits per heavy atom. The van der Waals surface area contributed by atoms with Crippen LogP contribution >= 0.6 is 24.8 Å². The van der Waals surface area contributed by atoms with E-state index in [9.17, 15) is 4.79 Å². The van der Waals surface area contributed by atoms with Crippen molar-refractivity contribution in [3.8, 4) is 0 Å². The lowest BCUT2D eigenvalue weighted by molar-refractivity contribution is 0.0657. The van der Waals surface area contributed by atoms with Crippen LogP contribution in [0, 0.1) is 0 Å². The molecule has 1 aliphatic heterocycles. The summed E-state index contributed by atoms with van der Waals surface area (Å²) in [5, 5.41) is 4.32. The first-order chi connectivity index (χ1) is 10.7. The summed E-state index contributed by atoms with van der Waals surface area (Å²) in [4.78, 5) is 19.8. The van der Waals surface area contributed by atoms with Gasteiger partial charge in [-0.3, -0.25) is 9.78 Å². The number of hydrogen-bond acceptors (Lipinski definition) is 3. The van der Waals surface area contributed by atoms with E-state index in [-0.39, 0.29) is 36.8 Å². The summed E-state index contributed by atoms with van der Waals surface area (Å²) < 4.78 is 0. The molecule has 0 unspecified atom stereocenters. The standard InChI is InChI=1S/C18H21N3O.2ClH/c1-12-11-19-8-9-21(12)18(22)15-10-17(13-6-7-13)20-16-5-3-2-4-14(15)16;;/h2-5,10,12-13,19H,6-9,11H2,1H3;2*1H/t12-;;/m0../s1. The minimum Gasteiger partial charge on any atom is -0.333 e. The minimum absolute atomic E-state index is 0. The van der Waals surface area contributed by atoms with Gasteiger partial charge in [-0.2, -0.15) is 0 Å². The van der Waals surface area contributed by atoms with E-state index in [1.807, 2.05) is 35.2 Å². The lowest BCUT2D eigenvalue weighted by Crippen LogP contribution is -2.52. The molecule has 1 saturated heterocycles. The van der Waals surface area contributed by atoms with E-state index >= 15 is 0 Å². The number of halogens is 2. The van der Waals surface area contributed by atoms with Gasteiger partial charge in [-0.25, -0.2) is 0 Å². The van der Waals surface area contributed by atoms with Crippen molar-refractivity contribution in [3.05, 3.63) is 41.6 Å². The number of carbonyl (C=O) groups excluding carboxylic acids is 1. The fourth-order valence-electron chi connectivity index (χ4n) is 3.26. The molecule has 2 fully saturated rings. The van der Waals surface area contributed by atoms with Crippen molar-refractivity contribution >= 4 is 41.6 Å². The monoisotopic (exact) mass is 367 g/mol. The normalized spacial score (nSPS) is 20.2. The number of fused-ring (bicyclic) bond motifs is 1. The molecule has 2 aliphatic rings. The summed E-state index contributed by atoms with van der Waals surface area (Å²) in [6, 6.07) is 10.3. The van der Waals surface area contributed by atoms with Gasteiger partial charge in [-0.1, -0.05) is 18.2 Å². The molecule has 4 nitrogen and oxygen atoms in total. The molecular formula is C18H23Cl2N3O. The number of rotatable bonds is 2. The molecule has 0 spiro atoms. The number of nitrogens with one attached hydrogen (secondary N) is 1. The van der Waals surface area contributed by atoms with Gasteiger partial charge in [-0.05, 0) is 31.9 Å². The van der Waals surface area contributed by atoms with Crippen LogP contribution in [0.25, 0.3) is 10.9 Å².